The van der Waals surface area contributed by atoms with Crippen LogP contribution in [0.3, 0.4) is 0 Å². The van der Waals surface area contributed by atoms with Gasteiger partial charge in [0.05, 0.1) is 7.11 Å². The van der Waals surface area contributed by atoms with E-state index in [1.165, 1.54) is 6.20 Å². The van der Waals surface area contributed by atoms with E-state index in [9.17, 15) is 4.79 Å². The minimum Gasteiger partial charge on any atom is -0.497 e. The molecule has 0 heterocycles. The number of carbonyl (C=O) groups excluding carboxylic acids is 1. The third-order valence-corrected chi connectivity index (χ3v) is 3.90. The van der Waals surface area contributed by atoms with Crippen molar-refractivity contribution in [3.05, 3.63) is 76.5 Å². The number of hydrogen-bond acceptors (Lipinski definition) is 4. The summed E-state index contributed by atoms with van der Waals surface area (Å²) < 4.78 is 5.11. The molecule has 0 aliphatic rings. The van der Waals surface area contributed by atoms with E-state index in [-0.39, 0.29) is 5.57 Å². The summed E-state index contributed by atoms with van der Waals surface area (Å²) in [6.45, 7) is 0.920. The van der Waals surface area contributed by atoms with Gasteiger partial charge >= 0.3 is 0 Å². The molecule has 6 heteroatoms. The van der Waals surface area contributed by atoms with Crippen LogP contribution in [-0.4, -0.2) is 19.6 Å². The molecule has 2 aromatic rings. The van der Waals surface area contributed by atoms with Gasteiger partial charge in [-0.3, -0.25) is 4.79 Å². The van der Waals surface area contributed by atoms with Crippen LogP contribution < -0.4 is 15.4 Å². The molecule has 0 aliphatic carbocycles. The van der Waals surface area contributed by atoms with Gasteiger partial charge in [0, 0.05) is 24.3 Å². The van der Waals surface area contributed by atoms with Gasteiger partial charge in [-0.1, -0.05) is 35.9 Å². The highest BCUT2D eigenvalue weighted by molar-refractivity contribution is 6.30. The number of hydrogen-bond donors (Lipinski definition) is 2. The summed E-state index contributed by atoms with van der Waals surface area (Å²) in [7, 11) is 1.62. The average molecular weight is 370 g/mol. The van der Waals surface area contributed by atoms with E-state index in [0.29, 0.717) is 24.5 Å². The molecular weight excluding hydrogens is 350 g/mol. The Morgan fingerprint density at radius 3 is 2.65 bits per heavy atom. The second kappa shape index (κ2) is 10.1. The number of ether oxygens (including phenoxy) is 1. The topological polar surface area (TPSA) is 74.1 Å². The van der Waals surface area contributed by atoms with E-state index >= 15 is 0 Å². The van der Waals surface area contributed by atoms with Gasteiger partial charge in [0.15, 0.2) is 0 Å². The van der Waals surface area contributed by atoms with Gasteiger partial charge in [0.1, 0.15) is 17.4 Å². The molecular formula is C20H20ClN3O2. The number of benzene rings is 2. The lowest BCUT2D eigenvalue weighted by atomic mass is 10.1. The fourth-order valence-corrected chi connectivity index (χ4v) is 2.49. The summed E-state index contributed by atoms with van der Waals surface area (Å²) in [5, 5.41) is 15.5. The predicted molar refractivity (Wildman–Crippen MR) is 102 cm³/mol. The minimum absolute atomic E-state index is 0.0294. The zero-order valence-corrected chi connectivity index (χ0v) is 15.2. The summed E-state index contributed by atoms with van der Waals surface area (Å²) >= 11 is 5.92. The maximum absolute atomic E-state index is 12.1. The van der Waals surface area contributed by atoms with Crippen LogP contribution in [0, 0.1) is 11.3 Å². The van der Waals surface area contributed by atoms with Crippen molar-refractivity contribution >= 4 is 17.5 Å². The lowest BCUT2D eigenvalue weighted by Gasteiger charge is -2.06. The molecule has 2 rings (SSSR count). The smallest absolute Gasteiger partial charge is 0.263 e. The van der Waals surface area contributed by atoms with Crippen LogP contribution in [0.15, 0.2) is 60.3 Å². The molecule has 0 atom stereocenters. The second-order valence-electron chi connectivity index (χ2n) is 5.53. The van der Waals surface area contributed by atoms with Gasteiger partial charge in [0.2, 0.25) is 0 Å². The summed E-state index contributed by atoms with van der Waals surface area (Å²) in [5.74, 6) is 0.387. The van der Waals surface area contributed by atoms with Gasteiger partial charge in [-0.2, -0.15) is 5.26 Å². The van der Waals surface area contributed by atoms with Gasteiger partial charge in [-0.05, 0) is 41.8 Å². The van der Waals surface area contributed by atoms with Crippen LogP contribution in [0.2, 0.25) is 5.02 Å². The number of methoxy groups -OCH3 is 1. The molecule has 0 aromatic heterocycles. The Bertz CT molecular complexity index is 811. The van der Waals surface area contributed by atoms with Crippen molar-refractivity contribution in [2.75, 3.05) is 13.7 Å². The standard InChI is InChI=1S/C20H20ClN3O2/c1-26-19-7-5-15(6-8-19)9-10-24-20(25)17(12-22)14-23-13-16-3-2-4-18(21)11-16/h2-8,11,14,23H,9-10,13H2,1H3,(H,24,25)/b17-14-. The highest BCUT2D eigenvalue weighted by Gasteiger charge is 2.08. The SMILES string of the molecule is COc1ccc(CCNC(=O)/C(C#N)=C\NCc2cccc(Cl)c2)cc1. The molecule has 1 amide bonds. The Labute approximate surface area is 158 Å². The Balaban J connectivity index is 1.80. The summed E-state index contributed by atoms with van der Waals surface area (Å²) in [6, 6.07) is 16.9. The molecule has 134 valence electrons. The number of nitriles is 1. The van der Waals surface area contributed by atoms with Crippen LogP contribution in [0.1, 0.15) is 11.1 Å². The largest absolute Gasteiger partial charge is 0.497 e. The number of nitrogens with one attached hydrogen (secondary N) is 2. The Hall–Kier alpha value is -2.97. The number of amides is 1. The average Bonchev–Trinajstić information content (AvgIpc) is 2.66. The molecule has 0 radical (unpaired) electrons. The lowest BCUT2D eigenvalue weighted by Crippen LogP contribution is -2.27. The number of nitrogens with zero attached hydrogens (tertiary/aromatic N) is 1. The van der Waals surface area contributed by atoms with Crippen LogP contribution in [-0.2, 0) is 17.8 Å². The first-order chi connectivity index (χ1) is 12.6. The van der Waals surface area contributed by atoms with Crippen molar-refractivity contribution < 1.29 is 9.53 Å². The quantitative estimate of drug-likeness (QED) is 0.553. The molecule has 2 aromatic carbocycles. The zero-order valence-electron chi connectivity index (χ0n) is 14.5. The predicted octanol–water partition coefficient (Wildman–Crippen LogP) is 3.20. The Morgan fingerprint density at radius 1 is 1.23 bits per heavy atom. The molecule has 0 unspecified atom stereocenters. The van der Waals surface area contributed by atoms with Gasteiger partial charge in [0.25, 0.3) is 5.91 Å². The van der Waals surface area contributed by atoms with Crippen molar-refractivity contribution in [3.8, 4) is 11.8 Å². The van der Waals surface area contributed by atoms with Crippen LogP contribution in [0.25, 0.3) is 0 Å². The van der Waals surface area contributed by atoms with Crippen molar-refractivity contribution in [1.29, 1.82) is 5.26 Å². The van der Waals surface area contributed by atoms with Crippen molar-refractivity contribution in [3.63, 3.8) is 0 Å². The molecule has 2 N–H and O–H groups in total. The molecule has 0 fully saturated rings. The minimum atomic E-state index is -0.403. The maximum Gasteiger partial charge on any atom is 0.263 e. The van der Waals surface area contributed by atoms with Gasteiger partial charge in [-0.15, -0.1) is 0 Å². The van der Waals surface area contributed by atoms with Crippen molar-refractivity contribution in [2.24, 2.45) is 0 Å². The lowest BCUT2D eigenvalue weighted by molar-refractivity contribution is -0.117. The summed E-state index contributed by atoms with van der Waals surface area (Å²) in [6.07, 6.45) is 2.09. The summed E-state index contributed by atoms with van der Waals surface area (Å²) in [4.78, 5) is 12.1. The molecule has 26 heavy (non-hydrogen) atoms. The van der Waals surface area contributed by atoms with E-state index < -0.39 is 5.91 Å². The monoisotopic (exact) mass is 369 g/mol. The number of carbonyl (C=O) groups is 1. The molecule has 0 saturated carbocycles. The van der Waals surface area contributed by atoms with Crippen molar-refractivity contribution in [1.82, 2.24) is 10.6 Å². The van der Waals surface area contributed by atoms with Gasteiger partial charge < -0.3 is 15.4 Å². The third-order valence-electron chi connectivity index (χ3n) is 3.66. The Kier molecular flexibility index (Phi) is 7.53. The fourth-order valence-electron chi connectivity index (χ4n) is 2.27. The Morgan fingerprint density at radius 2 is 2.00 bits per heavy atom. The maximum atomic E-state index is 12.1. The van der Waals surface area contributed by atoms with Crippen LogP contribution in [0.4, 0.5) is 0 Å². The van der Waals surface area contributed by atoms with Crippen LogP contribution in [0.5, 0.6) is 5.75 Å². The first-order valence-electron chi connectivity index (χ1n) is 8.11. The van der Waals surface area contributed by atoms with E-state index in [4.69, 9.17) is 21.6 Å². The number of halogens is 1. The molecule has 0 bridgehead atoms. The fraction of sp³-hybridized carbons (Fsp3) is 0.200. The third kappa shape index (κ3) is 6.15. The molecule has 5 nitrogen and oxygen atoms in total. The van der Waals surface area contributed by atoms with E-state index in [2.05, 4.69) is 10.6 Å². The molecule has 0 aliphatic heterocycles. The van der Waals surface area contributed by atoms with Gasteiger partial charge in [-0.25, -0.2) is 0 Å². The first kappa shape index (κ1) is 19.4. The summed E-state index contributed by atoms with van der Waals surface area (Å²) in [5.41, 5.74) is 2.07. The van der Waals surface area contributed by atoms with Crippen molar-refractivity contribution in [2.45, 2.75) is 13.0 Å². The van der Waals surface area contributed by atoms with E-state index in [1.807, 2.05) is 48.5 Å². The second-order valence-corrected chi connectivity index (χ2v) is 5.97. The molecule has 0 spiro atoms. The first-order valence-corrected chi connectivity index (χ1v) is 8.49. The van der Waals surface area contributed by atoms with Crippen LogP contribution >= 0.6 is 11.6 Å². The highest BCUT2D eigenvalue weighted by atomic mass is 35.5. The zero-order chi connectivity index (χ0) is 18.8. The van der Waals surface area contributed by atoms with E-state index in [1.54, 1.807) is 13.2 Å². The van der Waals surface area contributed by atoms with E-state index in [0.717, 1.165) is 16.9 Å². The highest BCUT2D eigenvalue weighted by Crippen LogP contribution is 2.11. The number of rotatable bonds is 8. The normalized spacial score (nSPS) is 10.7. The molecule has 0 saturated heterocycles.